The molecule has 1 aliphatic rings. The lowest BCUT2D eigenvalue weighted by atomic mass is 10.0. The lowest BCUT2D eigenvalue weighted by molar-refractivity contribution is -0.142. The molecule has 0 unspecified atom stereocenters. The van der Waals surface area contributed by atoms with Crippen LogP contribution in [0.15, 0.2) is 23.5 Å². The molecule has 0 bridgehead atoms. The van der Waals surface area contributed by atoms with Crippen LogP contribution in [0.5, 0.6) is 0 Å². The summed E-state index contributed by atoms with van der Waals surface area (Å²) in [6, 6.07) is 0. The average molecular weight is 289 g/mol. The van der Waals surface area contributed by atoms with Crippen LogP contribution in [0.3, 0.4) is 0 Å². The van der Waals surface area contributed by atoms with E-state index in [1.165, 1.54) is 0 Å². The van der Waals surface area contributed by atoms with E-state index < -0.39 is 0 Å². The largest absolute Gasteiger partial charge is 0.486 e. The highest BCUT2D eigenvalue weighted by atomic mass is 79.9. The van der Waals surface area contributed by atoms with Gasteiger partial charge in [0.15, 0.2) is 0 Å². The Morgan fingerprint density at radius 2 is 2.19 bits per heavy atom. The first-order valence-corrected chi connectivity index (χ1v) is 6.36. The number of carbonyl (C=O) groups is 1. The predicted octanol–water partition coefficient (Wildman–Crippen LogP) is 2.95. The van der Waals surface area contributed by atoms with Crippen LogP contribution in [0.1, 0.15) is 27.7 Å². The summed E-state index contributed by atoms with van der Waals surface area (Å²) in [5, 5.41) is 0.503. The summed E-state index contributed by atoms with van der Waals surface area (Å²) in [6.45, 7) is 7.53. The molecule has 16 heavy (non-hydrogen) atoms. The molecule has 0 radical (unpaired) electrons. The Labute approximate surface area is 105 Å². The highest BCUT2D eigenvalue weighted by Crippen LogP contribution is 2.27. The fourth-order valence-electron chi connectivity index (χ4n) is 1.34. The van der Waals surface area contributed by atoms with Gasteiger partial charge in [0.05, 0.1) is 17.0 Å². The van der Waals surface area contributed by atoms with Gasteiger partial charge in [-0.15, -0.1) is 0 Å². The number of ether oxygens (including phenoxy) is 2. The van der Waals surface area contributed by atoms with E-state index in [2.05, 4.69) is 15.9 Å². The Kier molecular flexibility index (Phi) is 4.19. The van der Waals surface area contributed by atoms with Crippen molar-refractivity contribution in [1.82, 2.24) is 0 Å². The summed E-state index contributed by atoms with van der Waals surface area (Å²) in [5.41, 5.74) is 0.120. The van der Waals surface area contributed by atoms with E-state index in [4.69, 9.17) is 9.47 Å². The standard InChI is InChI=1S/C12H17BrO3/c1-8(2)15-11(14)9-5-6-12(3,4)16-10(9)7-13/h5-6,8H,7H2,1-4H3. The van der Waals surface area contributed by atoms with Gasteiger partial charge in [0.25, 0.3) is 0 Å². The Morgan fingerprint density at radius 1 is 1.56 bits per heavy atom. The van der Waals surface area contributed by atoms with Crippen molar-refractivity contribution in [3.63, 3.8) is 0 Å². The van der Waals surface area contributed by atoms with Gasteiger partial charge in [-0.1, -0.05) is 15.9 Å². The third-order valence-corrected chi connectivity index (χ3v) is 2.53. The zero-order chi connectivity index (χ0) is 12.3. The second-order valence-electron chi connectivity index (χ2n) is 4.46. The molecule has 3 nitrogen and oxygen atoms in total. The zero-order valence-corrected chi connectivity index (χ0v) is 11.6. The molecule has 90 valence electrons. The molecule has 0 amide bonds. The lowest BCUT2D eigenvalue weighted by Crippen LogP contribution is -2.27. The summed E-state index contributed by atoms with van der Waals surface area (Å²) in [6.07, 6.45) is 3.50. The van der Waals surface area contributed by atoms with Gasteiger partial charge < -0.3 is 9.47 Å². The minimum atomic E-state index is -0.370. The van der Waals surface area contributed by atoms with Crippen molar-refractivity contribution in [1.29, 1.82) is 0 Å². The number of carbonyl (C=O) groups excluding carboxylic acids is 1. The molecule has 1 aliphatic heterocycles. The SMILES string of the molecule is CC(C)OC(=O)C1=C(CBr)OC(C)(C)C=C1. The van der Waals surface area contributed by atoms with Crippen molar-refractivity contribution in [3.05, 3.63) is 23.5 Å². The van der Waals surface area contributed by atoms with Crippen molar-refractivity contribution in [2.24, 2.45) is 0 Å². The number of hydrogen-bond donors (Lipinski definition) is 0. The fraction of sp³-hybridized carbons (Fsp3) is 0.583. The minimum Gasteiger partial charge on any atom is -0.486 e. The van der Waals surface area contributed by atoms with Crippen molar-refractivity contribution < 1.29 is 14.3 Å². The van der Waals surface area contributed by atoms with Gasteiger partial charge >= 0.3 is 5.97 Å². The lowest BCUT2D eigenvalue weighted by Gasteiger charge is -2.28. The number of allylic oxidation sites excluding steroid dienone is 1. The van der Waals surface area contributed by atoms with Crippen LogP contribution in [-0.2, 0) is 14.3 Å². The van der Waals surface area contributed by atoms with Crippen LogP contribution in [0.4, 0.5) is 0 Å². The zero-order valence-electron chi connectivity index (χ0n) is 10.0. The molecular weight excluding hydrogens is 272 g/mol. The van der Waals surface area contributed by atoms with Gasteiger partial charge in [-0.3, -0.25) is 0 Å². The summed E-state index contributed by atoms with van der Waals surface area (Å²) in [4.78, 5) is 11.8. The number of hydrogen-bond acceptors (Lipinski definition) is 3. The molecule has 0 aromatic rings. The summed E-state index contributed by atoms with van der Waals surface area (Å²) < 4.78 is 10.8. The first-order valence-electron chi connectivity index (χ1n) is 5.24. The molecule has 1 rings (SSSR count). The van der Waals surface area contributed by atoms with Crippen LogP contribution < -0.4 is 0 Å². The van der Waals surface area contributed by atoms with Gasteiger partial charge in [-0.25, -0.2) is 4.79 Å². The van der Waals surface area contributed by atoms with E-state index >= 15 is 0 Å². The quantitative estimate of drug-likeness (QED) is 0.592. The van der Waals surface area contributed by atoms with Crippen molar-refractivity contribution in [2.75, 3.05) is 5.33 Å². The third-order valence-electron chi connectivity index (χ3n) is 2.02. The summed E-state index contributed by atoms with van der Waals surface area (Å²) in [5.74, 6) is 0.286. The van der Waals surface area contributed by atoms with Gasteiger partial charge in [-0.05, 0) is 39.8 Å². The minimum absolute atomic E-state index is 0.125. The monoisotopic (exact) mass is 288 g/mol. The van der Waals surface area contributed by atoms with Crippen molar-refractivity contribution >= 4 is 21.9 Å². The van der Waals surface area contributed by atoms with E-state index in [9.17, 15) is 4.79 Å². The Bertz CT molecular complexity index is 340. The van der Waals surface area contributed by atoms with E-state index in [-0.39, 0.29) is 17.7 Å². The molecule has 0 aromatic carbocycles. The topological polar surface area (TPSA) is 35.5 Å². The normalized spacial score (nSPS) is 18.6. The maximum atomic E-state index is 11.8. The van der Waals surface area contributed by atoms with Crippen LogP contribution in [0.2, 0.25) is 0 Å². The highest BCUT2D eigenvalue weighted by molar-refractivity contribution is 9.09. The van der Waals surface area contributed by atoms with Crippen LogP contribution in [0, 0.1) is 0 Å². The maximum Gasteiger partial charge on any atom is 0.341 e. The number of esters is 1. The Balaban J connectivity index is 2.90. The van der Waals surface area contributed by atoms with E-state index in [0.29, 0.717) is 16.7 Å². The van der Waals surface area contributed by atoms with Crippen molar-refractivity contribution in [3.8, 4) is 0 Å². The van der Waals surface area contributed by atoms with E-state index in [1.807, 2.05) is 33.8 Å². The molecule has 0 atom stereocenters. The molecular formula is C12H17BrO3. The second kappa shape index (κ2) is 5.04. The molecule has 0 spiro atoms. The van der Waals surface area contributed by atoms with Gasteiger partial charge in [0.2, 0.25) is 0 Å². The number of rotatable bonds is 3. The molecule has 0 saturated carbocycles. The predicted molar refractivity (Wildman–Crippen MR) is 66.4 cm³/mol. The van der Waals surface area contributed by atoms with Gasteiger partial charge in [0.1, 0.15) is 11.4 Å². The van der Waals surface area contributed by atoms with Crippen molar-refractivity contribution in [2.45, 2.75) is 39.4 Å². The van der Waals surface area contributed by atoms with Crippen LogP contribution in [0.25, 0.3) is 0 Å². The molecule has 0 fully saturated rings. The van der Waals surface area contributed by atoms with Gasteiger partial charge in [0, 0.05) is 0 Å². The fourth-order valence-corrected chi connectivity index (χ4v) is 1.76. The second-order valence-corrected chi connectivity index (χ2v) is 5.02. The molecule has 4 heteroatoms. The third kappa shape index (κ3) is 3.37. The van der Waals surface area contributed by atoms with Gasteiger partial charge in [-0.2, -0.15) is 0 Å². The van der Waals surface area contributed by atoms with Crippen LogP contribution >= 0.6 is 15.9 Å². The summed E-state index contributed by atoms with van der Waals surface area (Å²) >= 11 is 3.31. The summed E-state index contributed by atoms with van der Waals surface area (Å²) in [7, 11) is 0. The molecule has 0 saturated heterocycles. The molecule has 1 heterocycles. The first-order chi connectivity index (χ1) is 7.35. The Hall–Kier alpha value is -0.770. The molecule has 0 N–H and O–H groups in total. The highest BCUT2D eigenvalue weighted by Gasteiger charge is 2.27. The van der Waals surface area contributed by atoms with E-state index in [1.54, 1.807) is 6.08 Å². The molecule has 0 aliphatic carbocycles. The van der Waals surface area contributed by atoms with Crippen LogP contribution in [-0.4, -0.2) is 23.0 Å². The molecule has 0 aromatic heterocycles. The first kappa shape index (κ1) is 13.3. The number of alkyl halides is 1. The Morgan fingerprint density at radius 3 is 2.69 bits per heavy atom. The average Bonchev–Trinajstić information content (AvgIpc) is 2.14. The maximum absolute atomic E-state index is 11.8. The smallest absolute Gasteiger partial charge is 0.341 e. The number of halogens is 1. The van der Waals surface area contributed by atoms with E-state index in [0.717, 1.165) is 0 Å².